The number of hydrogen-bond donors (Lipinski definition) is 2. The van der Waals surface area contributed by atoms with Gasteiger partial charge in [0.25, 0.3) is 0 Å². The van der Waals surface area contributed by atoms with Crippen LogP contribution in [0.5, 0.6) is 0 Å². The fraction of sp³-hybridized carbons (Fsp3) is 0.917. The molecule has 1 heterocycles. The number of nitrogens with zero attached hydrogens (tertiary/aromatic N) is 2. The molecule has 0 saturated carbocycles. The molecule has 0 atom stereocenters. The first-order valence-electron chi connectivity index (χ1n) is 6.01. The quantitative estimate of drug-likeness (QED) is 0.740. The molecule has 0 bridgehead atoms. The van der Waals surface area contributed by atoms with Crippen LogP contribution in [0.4, 0.5) is 0 Å². The second kappa shape index (κ2) is 5.13. The van der Waals surface area contributed by atoms with Crippen molar-refractivity contribution in [2.45, 2.75) is 44.7 Å². The van der Waals surface area contributed by atoms with Gasteiger partial charge >= 0.3 is 0 Å². The van der Waals surface area contributed by atoms with E-state index in [1.54, 1.807) is 0 Å². The molecule has 92 valence electrons. The standard InChI is InChI=1S/C12H23N3O/c1-4-15-7-5-12(9-13,6-8-15)14-11(2,3)10-16/h14,16H,4-8,10H2,1-3H3. The van der Waals surface area contributed by atoms with Gasteiger partial charge in [-0.3, -0.25) is 5.32 Å². The van der Waals surface area contributed by atoms with Gasteiger partial charge in [-0.1, -0.05) is 6.92 Å². The molecule has 0 amide bonds. The molecule has 0 aromatic carbocycles. The smallest absolute Gasteiger partial charge is 0.109 e. The highest BCUT2D eigenvalue weighted by atomic mass is 16.3. The molecule has 1 aliphatic rings. The van der Waals surface area contributed by atoms with Gasteiger partial charge in [0.1, 0.15) is 5.54 Å². The molecule has 0 aromatic heterocycles. The highest BCUT2D eigenvalue weighted by Gasteiger charge is 2.38. The molecular weight excluding hydrogens is 202 g/mol. The molecule has 1 fully saturated rings. The van der Waals surface area contributed by atoms with Crippen molar-refractivity contribution >= 4 is 0 Å². The molecule has 4 heteroatoms. The summed E-state index contributed by atoms with van der Waals surface area (Å²) in [5, 5.41) is 21.9. The Kier molecular flexibility index (Phi) is 4.31. The summed E-state index contributed by atoms with van der Waals surface area (Å²) < 4.78 is 0. The highest BCUT2D eigenvalue weighted by Crippen LogP contribution is 2.24. The van der Waals surface area contributed by atoms with E-state index >= 15 is 0 Å². The zero-order valence-corrected chi connectivity index (χ0v) is 10.6. The van der Waals surface area contributed by atoms with E-state index in [4.69, 9.17) is 0 Å². The van der Waals surface area contributed by atoms with Crippen molar-refractivity contribution in [3.05, 3.63) is 0 Å². The summed E-state index contributed by atoms with van der Waals surface area (Å²) in [7, 11) is 0. The van der Waals surface area contributed by atoms with Crippen LogP contribution in [0.2, 0.25) is 0 Å². The average molecular weight is 225 g/mol. The van der Waals surface area contributed by atoms with Crippen LogP contribution in [0.1, 0.15) is 33.6 Å². The van der Waals surface area contributed by atoms with Crippen molar-refractivity contribution in [2.24, 2.45) is 0 Å². The molecule has 0 radical (unpaired) electrons. The molecule has 1 aliphatic heterocycles. The van der Waals surface area contributed by atoms with Gasteiger partial charge in [-0.15, -0.1) is 0 Å². The molecule has 4 nitrogen and oxygen atoms in total. The largest absolute Gasteiger partial charge is 0.394 e. The number of aliphatic hydroxyl groups excluding tert-OH is 1. The Bertz CT molecular complexity index is 262. The SMILES string of the molecule is CCN1CCC(C#N)(NC(C)(C)CO)CC1. The van der Waals surface area contributed by atoms with Gasteiger partial charge in [-0.2, -0.15) is 5.26 Å². The number of piperidine rings is 1. The summed E-state index contributed by atoms with van der Waals surface area (Å²) in [5.74, 6) is 0. The summed E-state index contributed by atoms with van der Waals surface area (Å²) in [6.45, 7) is 9.01. The van der Waals surface area contributed by atoms with Crippen LogP contribution in [0.15, 0.2) is 0 Å². The lowest BCUT2D eigenvalue weighted by atomic mass is 9.86. The number of aliphatic hydroxyl groups is 1. The molecule has 1 rings (SSSR count). The fourth-order valence-corrected chi connectivity index (χ4v) is 2.20. The van der Waals surface area contributed by atoms with Gasteiger partial charge in [-0.25, -0.2) is 0 Å². The highest BCUT2D eigenvalue weighted by molar-refractivity contribution is 5.12. The maximum Gasteiger partial charge on any atom is 0.109 e. The number of nitriles is 1. The Morgan fingerprint density at radius 1 is 1.44 bits per heavy atom. The average Bonchev–Trinajstić information content (AvgIpc) is 2.29. The molecule has 0 unspecified atom stereocenters. The molecular formula is C12H23N3O. The maximum atomic E-state index is 9.35. The monoisotopic (exact) mass is 225 g/mol. The lowest BCUT2D eigenvalue weighted by Crippen LogP contribution is -2.60. The van der Waals surface area contributed by atoms with E-state index < -0.39 is 5.54 Å². The Morgan fingerprint density at radius 3 is 2.38 bits per heavy atom. The van der Waals surface area contributed by atoms with E-state index in [9.17, 15) is 10.4 Å². The fourth-order valence-electron chi connectivity index (χ4n) is 2.20. The van der Waals surface area contributed by atoms with Crippen molar-refractivity contribution in [1.29, 1.82) is 5.26 Å². The lowest BCUT2D eigenvalue weighted by Gasteiger charge is -2.42. The minimum atomic E-state index is -0.460. The predicted molar refractivity (Wildman–Crippen MR) is 64.0 cm³/mol. The normalized spacial score (nSPS) is 21.7. The predicted octanol–water partition coefficient (Wildman–Crippen LogP) is 0.725. The van der Waals surface area contributed by atoms with Crippen LogP contribution >= 0.6 is 0 Å². The van der Waals surface area contributed by atoms with Gasteiger partial charge in [0.15, 0.2) is 0 Å². The summed E-state index contributed by atoms with van der Waals surface area (Å²) in [5.41, 5.74) is -0.845. The van der Waals surface area contributed by atoms with Crippen molar-refractivity contribution in [2.75, 3.05) is 26.2 Å². The Morgan fingerprint density at radius 2 is 2.00 bits per heavy atom. The van der Waals surface area contributed by atoms with Crippen LogP contribution in [0.25, 0.3) is 0 Å². The van der Waals surface area contributed by atoms with Crippen LogP contribution in [0.3, 0.4) is 0 Å². The van der Waals surface area contributed by atoms with Crippen molar-refractivity contribution in [3.63, 3.8) is 0 Å². The third kappa shape index (κ3) is 3.18. The van der Waals surface area contributed by atoms with E-state index in [0.717, 1.165) is 32.5 Å². The second-order valence-electron chi connectivity index (χ2n) is 5.30. The number of likely N-dealkylation sites (tertiary alicyclic amines) is 1. The second-order valence-corrected chi connectivity index (χ2v) is 5.30. The Labute approximate surface area is 98.2 Å². The lowest BCUT2D eigenvalue weighted by molar-refractivity contribution is 0.113. The Hall–Kier alpha value is -0.630. The Balaban J connectivity index is 2.64. The van der Waals surface area contributed by atoms with Gasteiger partial charge in [0.2, 0.25) is 0 Å². The van der Waals surface area contributed by atoms with Crippen LogP contribution in [0, 0.1) is 11.3 Å². The van der Waals surface area contributed by atoms with E-state index in [-0.39, 0.29) is 12.1 Å². The van der Waals surface area contributed by atoms with E-state index in [2.05, 4.69) is 23.2 Å². The minimum Gasteiger partial charge on any atom is -0.394 e. The summed E-state index contributed by atoms with van der Waals surface area (Å²) >= 11 is 0. The van der Waals surface area contributed by atoms with Crippen LogP contribution in [-0.4, -0.2) is 47.3 Å². The molecule has 0 aromatic rings. The molecule has 1 saturated heterocycles. The first kappa shape index (κ1) is 13.4. The van der Waals surface area contributed by atoms with Gasteiger partial charge in [-0.05, 0) is 33.2 Å². The molecule has 0 spiro atoms. The minimum absolute atomic E-state index is 0.0495. The van der Waals surface area contributed by atoms with E-state index in [1.807, 2.05) is 13.8 Å². The molecule has 2 N–H and O–H groups in total. The number of hydrogen-bond acceptors (Lipinski definition) is 4. The van der Waals surface area contributed by atoms with Crippen molar-refractivity contribution < 1.29 is 5.11 Å². The third-order valence-electron chi connectivity index (χ3n) is 3.34. The van der Waals surface area contributed by atoms with Gasteiger partial charge in [0, 0.05) is 18.6 Å². The summed E-state index contributed by atoms with van der Waals surface area (Å²) in [4.78, 5) is 2.35. The van der Waals surface area contributed by atoms with Crippen molar-refractivity contribution in [3.8, 4) is 6.07 Å². The van der Waals surface area contributed by atoms with E-state index in [0.29, 0.717) is 0 Å². The maximum absolute atomic E-state index is 9.35. The zero-order valence-electron chi connectivity index (χ0n) is 10.6. The number of rotatable bonds is 4. The van der Waals surface area contributed by atoms with Crippen LogP contribution < -0.4 is 5.32 Å². The van der Waals surface area contributed by atoms with Gasteiger partial charge in [0.05, 0.1) is 12.7 Å². The first-order chi connectivity index (χ1) is 7.47. The van der Waals surface area contributed by atoms with Crippen molar-refractivity contribution in [1.82, 2.24) is 10.2 Å². The zero-order chi connectivity index (χ0) is 12.2. The third-order valence-corrected chi connectivity index (χ3v) is 3.34. The summed E-state index contributed by atoms with van der Waals surface area (Å²) in [6.07, 6.45) is 1.67. The first-order valence-corrected chi connectivity index (χ1v) is 6.01. The molecule has 0 aliphatic carbocycles. The number of nitrogens with one attached hydrogen (secondary N) is 1. The summed E-state index contributed by atoms with van der Waals surface area (Å²) in [6, 6.07) is 2.40. The van der Waals surface area contributed by atoms with E-state index in [1.165, 1.54) is 0 Å². The van der Waals surface area contributed by atoms with Gasteiger partial charge < -0.3 is 10.0 Å². The van der Waals surface area contributed by atoms with Crippen LogP contribution in [-0.2, 0) is 0 Å². The molecule has 16 heavy (non-hydrogen) atoms. The topological polar surface area (TPSA) is 59.3 Å².